The first-order chi connectivity index (χ1) is 41.1. The summed E-state index contributed by atoms with van der Waals surface area (Å²) in [5.41, 5.74) is 17.8. The molecule has 17 aromatic rings. The summed E-state index contributed by atoms with van der Waals surface area (Å²) in [7, 11) is 0. The number of benzene rings is 9. The van der Waals surface area contributed by atoms with Gasteiger partial charge in [-0.05, 0) is 172 Å². The Balaban J connectivity index is 1.09. The van der Waals surface area contributed by atoms with Gasteiger partial charge >= 0.3 is 0 Å². The number of rotatable bonds is 8. The van der Waals surface area contributed by atoms with Crippen LogP contribution in [0.15, 0.2) is 274 Å². The molecule has 0 atom stereocenters. The first-order valence-corrected chi connectivity index (χ1v) is 27.8. The van der Waals surface area contributed by atoms with E-state index in [4.69, 9.17) is 0 Å². The van der Waals surface area contributed by atoms with Crippen molar-refractivity contribution in [2.24, 2.45) is 0 Å². The third-order valence-electron chi connectivity index (χ3n) is 16.8. The Kier molecular flexibility index (Phi) is 10.3. The molecule has 0 aliphatic rings. The maximum absolute atomic E-state index is 20.9. The van der Waals surface area contributed by atoms with E-state index in [1.807, 2.05) is 98.1 Å². The number of aromatic nitrogens is 8. The second kappa shape index (κ2) is 18.4. The molecule has 8 heterocycles. The number of pyridine rings is 4. The van der Waals surface area contributed by atoms with E-state index >= 15 is 4.39 Å². The maximum Gasteiger partial charge on any atom is 0.175 e. The van der Waals surface area contributed by atoms with Crippen molar-refractivity contribution < 1.29 is 4.39 Å². The Hall–Kier alpha value is -11.3. The van der Waals surface area contributed by atoms with Crippen LogP contribution in [-0.2, 0) is 0 Å². The van der Waals surface area contributed by atoms with E-state index in [2.05, 4.69) is 214 Å². The Labute approximate surface area is 474 Å². The highest BCUT2D eigenvalue weighted by molar-refractivity contribution is 6.16. The first-order valence-electron chi connectivity index (χ1n) is 27.8. The average Bonchev–Trinajstić information content (AvgIpc) is 2.36. The van der Waals surface area contributed by atoms with Crippen LogP contribution in [0.5, 0.6) is 0 Å². The summed E-state index contributed by atoms with van der Waals surface area (Å²) >= 11 is 0. The normalized spacial score (nSPS) is 11.9. The highest BCUT2D eigenvalue weighted by atomic mass is 19.1. The highest BCUT2D eigenvalue weighted by Gasteiger charge is 2.31. The third-order valence-corrected chi connectivity index (χ3v) is 16.8. The SMILES string of the molecule is Fc1c(-n2c3ccccc3c3ccccc32)c(-n2c3ccc(-c4ccncc4)cc3c3cc(-c4ccncc4)ccc32)cc(-n2c3ccc(-c4ccncc4)cc3c3cc(-c4ccncc4)ccc32)c1-n1c2ccccc2c2ccccc21. The first kappa shape index (κ1) is 46.6. The Morgan fingerprint density at radius 1 is 0.217 bits per heavy atom. The number of hydrogen-bond acceptors (Lipinski definition) is 4. The van der Waals surface area contributed by atoms with Gasteiger partial charge in [-0.1, -0.05) is 97.1 Å². The Bertz CT molecular complexity index is 4810. The molecule has 8 nitrogen and oxygen atoms in total. The zero-order chi connectivity index (χ0) is 54.7. The van der Waals surface area contributed by atoms with Crippen LogP contribution in [0.1, 0.15) is 0 Å². The van der Waals surface area contributed by atoms with Gasteiger partial charge in [0.05, 0.1) is 55.5 Å². The number of fused-ring (bicyclic) bond motifs is 12. The van der Waals surface area contributed by atoms with Gasteiger partial charge in [-0.2, -0.15) is 0 Å². The van der Waals surface area contributed by atoms with Crippen molar-refractivity contribution in [1.29, 1.82) is 0 Å². The van der Waals surface area contributed by atoms with Crippen molar-refractivity contribution in [3.63, 3.8) is 0 Å². The van der Waals surface area contributed by atoms with Gasteiger partial charge in [0.15, 0.2) is 5.82 Å². The number of nitrogens with zero attached hydrogens (tertiary/aromatic N) is 8. The van der Waals surface area contributed by atoms with Gasteiger partial charge in [0.1, 0.15) is 11.4 Å². The Morgan fingerprint density at radius 2 is 0.458 bits per heavy atom. The molecule has 0 unspecified atom stereocenters. The van der Waals surface area contributed by atoms with Crippen molar-refractivity contribution in [3.05, 3.63) is 280 Å². The predicted molar refractivity (Wildman–Crippen MR) is 337 cm³/mol. The minimum Gasteiger partial charge on any atom is -0.307 e. The summed E-state index contributed by atoms with van der Waals surface area (Å²) < 4.78 is 29.8. The van der Waals surface area contributed by atoms with Crippen LogP contribution in [0.2, 0.25) is 0 Å². The molecule has 388 valence electrons. The minimum absolute atomic E-state index is 0.385. The molecule has 0 saturated carbocycles. The molecule has 0 N–H and O–H groups in total. The van der Waals surface area contributed by atoms with E-state index in [-0.39, 0.29) is 5.82 Å². The summed E-state index contributed by atoms with van der Waals surface area (Å²) in [6, 6.07) is 78.8. The molecule has 0 saturated heterocycles. The molecule has 8 aromatic heterocycles. The van der Waals surface area contributed by atoms with E-state index in [0.29, 0.717) is 22.7 Å². The lowest BCUT2D eigenvalue weighted by Gasteiger charge is -2.24. The van der Waals surface area contributed by atoms with Crippen LogP contribution in [0.25, 0.3) is 154 Å². The van der Waals surface area contributed by atoms with Gasteiger partial charge in [0, 0.05) is 92.7 Å². The molecule has 83 heavy (non-hydrogen) atoms. The van der Waals surface area contributed by atoms with Gasteiger partial charge in [-0.25, -0.2) is 4.39 Å². The maximum atomic E-state index is 20.9. The fraction of sp³-hybridized carbons (Fsp3) is 0. The smallest absolute Gasteiger partial charge is 0.175 e. The molecule has 0 fully saturated rings. The van der Waals surface area contributed by atoms with Gasteiger partial charge < -0.3 is 18.3 Å². The largest absolute Gasteiger partial charge is 0.307 e. The molecule has 0 radical (unpaired) electrons. The van der Waals surface area contributed by atoms with E-state index in [1.165, 1.54) is 0 Å². The third kappa shape index (κ3) is 7.11. The summed E-state index contributed by atoms with van der Waals surface area (Å²) in [4.78, 5) is 17.5. The van der Waals surface area contributed by atoms with Gasteiger partial charge in [-0.3, -0.25) is 19.9 Å². The van der Waals surface area contributed by atoms with E-state index < -0.39 is 0 Å². The molecule has 0 spiro atoms. The summed E-state index contributed by atoms with van der Waals surface area (Å²) in [6.45, 7) is 0. The molecular weight excluding hydrogens is 1020 g/mol. The summed E-state index contributed by atoms with van der Waals surface area (Å²) in [5.74, 6) is -0.385. The van der Waals surface area contributed by atoms with Crippen molar-refractivity contribution in [3.8, 4) is 67.3 Å². The molecule has 0 aliphatic carbocycles. The van der Waals surface area contributed by atoms with Crippen LogP contribution < -0.4 is 0 Å². The van der Waals surface area contributed by atoms with E-state index in [1.54, 1.807) is 0 Å². The van der Waals surface area contributed by atoms with Gasteiger partial charge in [0.25, 0.3) is 0 Å². The van der Waals surface area contributed by atoms with Gasteiger partial charge in [0.2, 0.25) is 0 Å². The lowest BCUT2D eigenvalue weighted by Crippen LogP contribution is -2.14. The van der Waals surface area contributed by atoms with Crippen LogP contribution in [0, 0.1) is 5.82 Å². The second-order valence-electron chi connectivity index (χ2n) is 21.2. The fourth-order valence-electron chi connectivity index (χ4n) is 13.2. The predicted octanol–water partition coefficient (Wildman–Crippen LogP) is 18.5. The van der Waals surface area contributed by atoms with Crippen LogP contribution in [-0.4, -0.2) is 38.2 Å². The van der Waals surface area contributed by atoms with Crippen molar-refractivity contribution >= 4 is 87.2 Å². The molecule has 0 bridgehead atoms. The topological polar surface area (TPSA) is 71.3 Å². The summed E-state index contributed by atoms with van der Waals surface area (Å²) in [5, 5.41) is 8.21. The molecule has 9 aromatic carbocycles. The number of para-hydroxylation sites is 4. The second-order valence-corrected chi connectivity index (χ2v) is 21.2. The van der Waals surface area contributed by atoms with Gasteiger partial charge in [-0.15, -0.1) is 0 Å². The molecule has 0 amide bonds. The lowest BCUT2D eigenvalue weighted by atomic mass is 10.0. The number of hydrogen-bond donors (Lipinski definition) is 0. The molecule has 9 heteroatoms. The lowest BCUT2D eigenvalue weighted by molar-refractivity contribution is 0.612. The van der Waals surface area contributed by atoms with Crippen molar-refractivity contribution in [1.82, 2.24) is 38.2 Å². The monoisotopic (exact) mass is 1060 g/mol. The van der Waals surface area contributed by atoms with E-state index in [0.717, 1.165) is 132 Å². The molecule has 17 rings (SSSR count). The van der Waals surface area contributed by atoms with Crippen molar-refractivity contribution in [2.75, 3.05) is 0 Å². The average molecular weight is 1070 g/mol. The van der Waals surface area contributed by atoms with E-state index in [9.17, 15) is 0 Å². The standard InChI is InChI=1S/C74H45FN8/c75-72-73(82-62-13-5-1-9-54(62)55-10-2-6-14-63(55)82)70(80-66-21-17-50(46-25-33-76-34-26-46)41-58(66)59-42-51(18-22-67(59)80)47-27-35-77-36-28-47)45-71(74(72)83-64-15-7-3-11-56(64)57-12-4-8-16-65(57)83)81-68-23-19-52(48-29-37-78-38-30-48)43-60(68)61-44-53(20-24-69(61)81)49-31-39-79-40-32-49/h1-45H. The Morgan fingerprint density at radius 3 is 0.723 bits per heavy atom. The zero-order valence-electron chi connectivity index (χ0n) is 44.4. The molecular formula is C74H45FN8. The molecule has 0 aliphatic heterocycles. The number of halogens is 1. The van der Waals surface area contributed by atoms with Crippen LogP contribution in [0.3, 0.4) is 0 Å². The highest BCUT2D eigenvalue weighted by Crippen LogP contribution is 2.48. The van der Waals surface area contributed by atoms with Crippen molar-refractivity contribution in [2.45, 2.75) is 0 Å². The van der Waals surface area contributed by atoms with Crippen LogP contribution >= 0.6 is 0 Å². The fourth-order valence-corrected chi connectivity index (χ4v) is 13.2. The minimum atomic E-state index is -0.385. The zero-order valence-corrected chi connectivity index (χ0v) is 44.4. The van der Waals surface area contributed by atoms with Crippen LogP contribution in [0.4, 0.5) is 4.39 Å². The quantitative estimate of drug-likeness (QED) is 0.152. The summed E-state index contributed by atoms with van der Waals surface area (Å²) in [6.07, 6.45) is 14.7.